The fourth-order valence-corrected chi connectivity index (χ4v) is 4.46. The molecule has 1 atom stereocenters. The summed E-state index contributed by atoms with van der Waals surface area (Å²) in [5.41, 5.74) is 1.25. The van der Waals surface area contributed by atoms with Crippen LogP contribution in [0.1, 0.15) is 5.56 Å². The molecule has 0 amide bonds. The average molecular weight is 355 g/mol. The van der Waals surface area contributed by atoms with Gasteiger partial charge in [0.2, 0.25) is 0 Å². The third-order valence-electron chi connectivity index (χ3n) is 2.61. The molecule has 0 N–H and O–H groups in total. The molecule has 0 bridgehead atoms. The molecule has 0 spiro atoms. The highest BCUT2D eigenvalue weighted by Crippen LogP contribution is 2.27. The monoisotopic (exact) mass is 354 g/mol. The van der Waals surface area contributed by atoms with Crippen LogP contribution in [0, 0.1) is 0 Å². The standard InChI is InChI=1S/C16H15ClOS3/c17-15-9-7-14(8-10-15)13-20-19-11-4-12-21(18)16-5-2-1-3-6-16/h1-11H,12-13H2/b11-4+. The Morgan fingerprint density at radius 1 is 1.05 bits per heavy atom. The normalized spacial score (nSPS) is 12.6. The molecule has 2 aromatic rings. The smallest absolute Gasteiger partial charge is 0.0568 e. The molecule has 0 fully saturated rings. The van der Waals surface area contributed by atoms with Crippen molar-refractivity contribution in [2.24, 2.45) is 0 Å². The Bertz CT molecular complexity index is 597. The molecular weight excluding hydrogens is 340 g/mol. The van der Waals surface area contributed by atoms with Crippen LogP contribution in [0.15, 0.2) is 71.0 Å². The topological polar surface area (TPSA) is 17.1 Å². The molecule has 0 heterocycles. The second-order valence-corrected chi connectivity index (χ2v) is 8.39. The molecule has 0 radical (unpaired) electrons. The second-order valence-electron chi connectivity index (χ2n) is 4.18. The number of hydrogen-bond acceptors (Lipinski definition) is 3. The van der Waals surface area contributed by atoms with Gasteiger partial charge in [-0.3, -0.25) is 4.21 Å². The van der Waals surface area contributed by atoms with E-state index in [1.165, 1.54) is 5.56 Å². The molecule has 0 aliphatic carbocycles. The highest BCUT2D eigenvalue weighted by Gasteiger charge is 1.99. The van der Waals surface area contributed by atoms with E-state index in [2.05, 4.69) is 0 Å². The Morgan fingerprint density at radius 3 is 2.48 bits per heavy atom. The van der Waals surface area contributed by atoms with E-state index in [0.29, 0.717) is 5.75 Å². The average Bonchev–Trinajstić information content (AvgIpc) is 2.53. The van der Waals surface area contributed by atoms with Crippen LogP contribution >= 0.6 is 33.2 Å². The summed E-state index contributed by atoms with van der Waals surface area (Å²) in [5, 5.41) is 2.77. The molecule has 5 heteroatoms. The van der Waals surface area contributed by atoms with Gasteiger partial charge in [0.15, 0.2) is 0 Å². The molecule has 21 heavy (non-hydrogen) atoms. The van der Waals surface area contributed by atoms with E-state index in [-0.39, 0.29) is 0 Å². The van der Waals surface area contributed by atoms with E-state index < -0.39 is 10.8 Å². The molecule has 0 saturated heterocycles. The van der Waals surface area contributed by atoms with Crippen molar-refractivity contribution in [1.82, 2.24) is 0 Å². The highest BCUT2D eigenvalue weighted by molar-refractivity contribution is 8.77. The van der Waals surface area contributed by atoms with Crippen molar-refractivity contribution in [2.45, 2.75) is 10.6 Å². The Balaban J connectivity index is 1.67. The maximum absolute atomic E-state index is 12.0. The van der Waals surface area contributed by atoms with Crippen molar-refractivity contribution in [3.05, 3.63) is 76.7 Å². The summed E-state index contributed by atoms with van der Waals surface area (Å²) in [6, 6.07) is 17.4. The molecule has 0 saturated carbocycles. The van der Waals surface area contributed by atoms with Crippen LogP contribution in [0.3, 0.4) is 0 Å². The van der Waals surface area contributed by atoms with E-state index in [1.807, 2.05) is 66.1 Å². The van der Waals surface area contributed by atoms with Gasteiger partial charge in [-0.1, -0.05) is 69.6 Å². The largest absolute Gasteiger partial charge is 0.254 e. The van der Waals surface area contributed by atoms with Gasteiger partial charge in [-0.2, -0.15) is 0 Å². The van der Waals surface area contributed by atoms with Crippen LogP contribution in [0.5, 0.6) is 0 Å². The van der Waals surface area contributed by atoms with Crippen LogP contribution in [0.2, 0.25) is 5.02 Å². The van der Waals surface area contributed by atoms with Crippen molar-refractivity contribution in [3.8, 4) is 0 Å². The lowest BCUT2D eigenvalue weighted by molar-refractivity contribution is 0.685. The summed E-state index contributed by atoms with van der Waals surface area (Å²) in [6.45, 7) is 0. The van der Waals surface area contributed by atoms with Gasteiger partial charge in [-0.25, -0.2) is 0 Å². The molecular formula is C16H15ClOS3. The first-order chi connectivity index (χ1) is 10.3. The SMILES string of the molecule is O=S(C/C=C/SSCc1ccc(Cl)cc1)c1ccccc1. The number of hydrogen-bond donors (Lipinski definition) is 0. The van der Waals surface area contributed by atoms with E-state index in [1.54, 1.807) is 21.6 Å². The lowest BCUT2D eigenvalue weighted by Crippen LogP contribution is -1.93. The Hall–Kier alpha value is -0.680. The highest BCUT2D eigenvalue weighted by atomic mass is 35.5. The zero-order valence-corrected chi connectivity index (χ0v) is 14.5. The van der Waals surface area contributed by atoms with Gasteiger partial charge in [0, 0.05) is 21.4 Å². The lowest BCUT2D eigenvalue weighted by Gasteiger charge is -1.99. The molecule has 2 rings (SSSR count). The maximum atomic E-state index is 12.0. The predicted molar refractivity (Wildman–Crippen MR) is 97.2 cm³/mol. The molecule has 0 aliphatic rings. The van der Waals surface area contributed by atoms with E-state index in [0.717, 1.165) is 15.7 Å². The quantitative estimate of drug-likeness (QED) is 0.479. The number of halogens is 1. The molecule has 2 aromatic carbocycles. The minimum atomic E-state index is -0.952. The summed E-state index contributed by atoms with van der Waals surface area (Å²) in [7, 11) is 2.45. The van der Waals surface area contributed by atoms with Gasteiger partial charge in [0.1, 0.15) is 0 Å². The summed E-state index contributed by atoms with van der Waals surface area (Å²) in [5.74, 6) is 1.48. The zero-order valence-electron chi connectivity index (χ0n) is 11.3. The van der Waals surface area contributed by atoms with Crippen molar-refractivity contribution in [1.29, 1.82) is 0 Å². The van der Waals surface area contributed by atoms with Crippen molar-refractivity contribution in [3.63, 3.8) is 0 Å². The van der Waals surface area contributed by atoms with Gasteiger partial charge >= 0.3 is 0 Å². The lowest BCUT2D eigenvalue weighted by atomic mass is 10.2. The van der Waals surface area contributed by atoms with Crippen LogP contribution < -0.4 is 0 Å². The minimum Gasteiger partial charge on any atom is -0.254 e. The van der Waals surface area contributed by atoms with Gasteiger partial charge in [0.25, 0.3) is 0 Å². The van der Waals surface area contributed by atoms with Gasteiger partial charge in [0.05, 0.1) is 10.8 Å². The van der Waals surface area contributed by atoms with E-state index in [4.69, 9.17) is 11.6 Å². The molecule has 110 valence electrons. The third-order valence-corrected chi connectivity index (χ3v) is 6.14. The molecule has 0 aromatic heterocycles. The number of rotatable bonds is 7. The second kappa shape index (κ2) is 9.36. The van der Waals surface area contributed by atoms with E-state index >= 15 is 0 Å². The number of benzene rings is 2. The van der Waals surface area contributed by atoms with Crippen LogP contribution in [0.25, 0.3) is 0 Å². The maximum Gasteiger partial charge on any atom is 0.0568 e. The third kappa shape index (κ3) is 6.30. The fraction of sp³-hybridized carbons (Fsp3) is 0.125. The Kier molecular flexibility index (Phi) is 7.44. The van der Waals surface area contributed by atoms with Crippen molar-refractivity contribution in [2.75, 3.05) is 5.75 Å². The summed E-state index contributed by atoms with van der Waals surface area (Å²) in [4.78, 5) is 0.876. The van der Waals surface area contributed by atoms with Gasteiger partial charge in [-0.15, -0.1) is 0 Å². The molecule has 0 aliphatic heterocycles. The van der Waals surface area contributed by atoms with Gasteiger partial charge < -0.3 is 0 Å². The fourth-order valence-electron chi connectivity index (χ4n) is 1.56. The van der Waals surface area contributed by atoms with Gasteiger partial charge in [-0.05, 0) is 35.2 Å². The van der Waals surface area contributed by atoms with Crippen molar-refractivity contribution >= 4 is 44.0 Å². The summed E-state index contributed by atoms with van der Waals surface area (Å²) < 4.78 is 12.0. The Morgan fingerprint density at radius 2 is 1.76 bits per heavy atom. The van der Waals surface area contributed by atoms with Crippen LogP contribution in [0.4, 0.5) is 0 Å². The van der Waals surface area contributed by atoms with E-state index in [9.17, 15) is 4.21 Å². The summed E-state index contributed by atoms with van der Waals surface area (Å²) in [6.07, 6.45) is 1.96. The summed E-state index contributed by atoms with van der Waals surface area (Å²) >= 11 is 5.84. The first-order valence-electron chi connectivity index (χ1n) is 6.37. The predicted octanol–water partition coefficient (Wildman–Crippen LogP) is 5.54. The van der Waals surface area contributed by atoms with Crippen molar-refractivity contribution < 1.29 is 4.21 Å². The first kappa shape index (κ1) is 16.7. The Labute approximate surface area is 141 Å². The minimum absolute atomic E-state index is 0.554. The zero-order chi connectivity index (χ0) is 14.9. The molecule has 1 unspecified atom stereocenters. The first-order valence-corrected chi connectivity index (χ1v) is 10.4. The molecule has 1 nitrogen and oxygen atoms in total. The van der Waals surface area contributed by atoms with Crippen LogP contribution in [-0.4, -0.2) is 9.96 Å². The van der Waals surface area contributed by atoms with Crippen LogP contribution in [-0.2, 0) is 16.6 Å².